The number of hydrogen-bond donors (Lipinski definition) is 2. The summed E-state index contributed by atoms with van der Waals surface area (Å²) >= 11 is 11.9. The third-order valence-electron chi connectivity index (χ3n) is 3.58. The van der Waals surface area contributed by atoms with Crippen LogP contribution in [-0.4, -0.2) is 18.2 Å². The molecule has 4 nitrogen and oxygen atoms in total. The second-order valence-corrected chi connectivity index (χ2v) is 6.38. The molecular formula is C18H19Cl2N3O. The number of hydrazone groups is 1. The van der Waals surface area contributed by atoms with Crippen molar-refractivity contribution < 1.29 is 4.79 Å². The molecule has 0 aliphatic rings. The molecule has 1 atom stereocenters. The van der Waals surface area contributed by atoms with Crippen LogP contribution in [0.5, 0.6) is 0 Å². The number of carbonyl (C=O) groups is 1. The minimum Gasteiger partial charge on any atom is -0.373 e. The fourth-order valence-electron chi connectivity index (χ4n) is 2.19. The van der Waals surface area contributed by atoms with E-state index in [1.165, 1.54) is 6.21 Å². The van der Waals surface area contributed by atoms with Gasteiger partial charge in [-0.2, -0.15) is 5.10 Å². The maximum Gasteiger partial charge on any atom is 0.262 e. The van der Waals surface area contributed by atoms with Crippen LogP contribution in [0.2, 0.25) is 10.0 Å². The monoisotopic (exact) mass is 363 g/mol. The number of para-hydroxylation sites is 1. The minimum absolute atomic E-state index is 0.237. The zero-order valence-corrected chi connectivity index (χ0v) is 15.2. The Morgan fingerprint density at radius 1 is 1.17 bits per heavy atom. The molecule has 0 bridgehead atoms. The van der Waals surface area contributed by atoms with Crippen LogP contribution in [0, 0.1) is 13.8 Å². The van der Waals surface area contributed by atoms with E-state index in [1.54, 1.807) is 25.1 Å². The third-order valence-corrected chi connectivity index (χ3v) is 4.14. The molecule has 2 aromatic rings. The Bertz CT molecular complexity index is 755. The van der Waals surface area contributed by atoms with E-state index in [0.29, 0.717) is 15.6 Å². The molecule has 2 N–H and O–H groups in total. The highest BCUT2D eigenvalue weighted by molar-refractivity contribution is 6.36. The smallest absolute Gasteiger partial charge is 0.262 e. The molecular weight excluding hydrogens is 345 g/mol. The fourth-order valence-corrected chi connectivity index (χ4v) is 2.65. The average Bonchev–Trinajstić information content (AvgIpc) is 2.52. The molecule has 1 unspecified atom stereocenters. The lowest BCUT2D eigenvalue weighted by atomic mass is 10.1. The van der Waals surface area contributed by atoms with Gasteiger partial charge in [0.05, 0.1) is 11.2 Å². The van der Waals surface area contributed by atoms with Gasteiger partial charge in [0, 0.05) is 16.3 Å². The van der Waals surface area contributed by atoms with Crippen LogP contribution in [0.15, 0.2) is 41.5 Å². The van der Waals surface area contributed by atoms with Gasteiger partial charge < -0.3 is 5.32 Å². The van der Waals surface area contributed by atoms with Crippen LogP contribution in [0.1, 0.15) is 23.6 Å². The van der Waals surface area contributed by atoms with E-state index in [0.717, 1.165) is 16.8 Å². The van der Waals surface area contributed by atoms with Crippen LogP contribution in [0.25, 0.3) is 0 Å². The Labute approximate surface area is 151 Å². The topological polar surface area (TPSA) is 53.5 Å². The first-order valence-corrected chi connectivity index (χ1v) is 8.25. The van der Waals surface area contributed by atoms with Crippen molar-refractivity contribution in [3.05, 3.63) is 63.1 Å². The van der Waals surface area contributed by atoms with E-state index in [1.807, 2.05) is 32.0 Å². The van der Waals surface area contributed by atoms with E-state index < -0.39 is 6.04 Å². The molecule has 24 heavy (non-hydrogen) atoms. The van der Waals surface area contributed by atoms with Gasteiger partial charge in [0.2, 0.25) is 0 Å². The second-order valence-electron chi connectivity index (χ2n) is 5.53. The van der Waals surface area contributed by atoms with Crippen LogP contribution in [0.3, 0.4) is 0 Å². The summed E-state index contributed by atoms with van der Waals surface area (Å²) in [6.45, 7) is 5.79. The van der Waals surface area contributed by atoms with Crippen LogP contribution >= 0.6 is 23.2 Å². The summed E-state index contributed by atoms with van der Waals surface area (Å²) in [7, 11) is 0. The van der Waals surface area contributed by atoms with Crippen LogP contribution in [-0.2, 0) is 4.79 Å². The van der Waals surface area contributed by atoms with Gasteiger partial charge in [0.1, 0.15) is 6.04 Å². The highest BCUT2D eigenvalue weighted by atomic mass is 35.5. The normalized spacial score (nSPS) is 12.2. The van der Waals surface area contributed by atoms with E-state index in [-0.39, 0.29) is 5.91 Å². The molecule has 0 spiro atoms. The molecule has 2 rings (SSSR count). The lowest BCUT2D eigenvalue weighted by molar-refractivity contribution is -0.121. The second kappa shape index (κ2) is 8.18. The van der Waals surface area contributed by atoms with Gasteiger partial charge in [-0.1, -0.05) is 47.5 Å². The highest BCUT2D eigenvalue weighted by Crippen LogP contribution is 2.20. The number of hydrogen-bond acceptors (Lipinski definition) is 3. The number of benzene rings is 2. The average molecular weight is 364 g/mol. The van der Waals surface area contributed by atoms with Gasteiger partial charge in [-0.25, -0.2) is 5.43 Å². The molecule has 1 amide bonds. The zero-order valence-electron chi connectivity index (χ0n) is 13.7. The van der Waals surface area contributed by atoms with E-state index in [2.05, 4.69) is 15.8 Å². The van der Waals surface area contributed by atoms with Gasteiger partial charge >= 0.3 is 0 Å². The highest BCUT2D eigenvalue weighted by Gasteiger charge is 2.13. The first-order chi connectivity index (χ1) is 11.4. The van der Waals surface area contributed by atoms with Crippen molar-refractivity contribution in [2.45, 2.75) is 26.8 Å². The SMILES string of the molecule is Cc1cccc(C)c1NC(C)C(=O)NN=Cc1ccc(Cl)cc1Cl. The molecule has 2 aromatic carbocycles. The summed E-state index contributed by atoms with van der Waals surface area (Å²) in [5, 5.41) is 8.19. The van der Waals surface area contributed by atoms with Gasteiger partial charge in [-0.15, -0.1) is 0 Å². The molecule has 0 aliphatic carbocycles. The maximum atomic E-state index is 12.2. The van der Waals surface area contributed by atoms with E-state index in [9.17, 15) is 4.79 Å². The van der Waals surface area contributed by atoms with Crippen molar-refractivity contribution >= 4 is 41.0 Å². The Kier molecular flexibility index (Phi) is 6.23. The number of anilines is 1. The molecule has 0 aliphatic heterocycles. The lowest BCUT2D eigenvalue weighted by Gasteiger charge is -2.17. The summed E-state index contributed by atoms with van der Waals surface area (Å²) in [6.07, 6.45) is 1.49. The number of amides is 1. The van der Waals surface area contributed by atoms with Crippen molar-refractivity contribution in [1.82, 2.24) is 5.43 Å². The number of nitrogens with zero attached hydrogens (tertiary/aromatic N) is 1. The molecule has 0 heterocycles. The predicted octanol–water partition coefficient (Wildman–Crippen LogP) is 4.56. The number of nitrogens with one attached hydrogen (secondary N) is 2. The molecule has 0 fully saturated rings. The van der Waals surface area contributed by atoms with Gasteiger partial charge in [-0.3, -0.25) is 4.79 Å². The largest absolute Gasteiger partial charge is 0.373 e. The lowest BCUT2D eigenvalue weighted by Crippen LogP contribution is -2.35. The van der Waals surface area contributed by atoms with Crippen molar-refractivity contribution in [2.75, 3.05) is 5.32 Å². The Morgan fingerprint density at radius 3 is 2.46 bits per heavy atom. The molecule has 0 saturated carbocycles. The van der Waals surface area contributed by atoms with Crippen molar-refractivity contribution in [3.63, 3.8) is 0 Å². The van der Waals surface area contributed by atoms with Crippen molar-refractivity contribution in [1.29, 1.82) is 0 Å². The van der Waals surface area contributed by atoms with Crippen molar-refractivity contribution in [2.24, 2.45) is 5.10 Å². The third kappa shape index (κ3) is 4.73. The number of carbonyl (C=O) groups excluding carboxylic acids is 1. The summed E-state index contributed by atoms with van der Waals surface area (Å²) in [5.74, 6) is -0.237. The molecule has 0 radical (unpaired) electrons. The van der Waals surface area contributed by atoms with Crippen molar-refractivity contribution in [3.8, 4) is 0 Å². The predicted molar refractivity (Wildman–Crippen MR) is 101 cm³/mol. The standard InChI is InChI=1S/C18H19Cl2N3O/c1-11-5-4-6-12(2)17(11)22-13(3)18(24)23-21-10-14-7-8-15(19)9-16(14)20/h4-10,13,22H,1-3H3,(H,23,24). The molecule has 6 heteroatoms. The van der Waals surface area contributed by atoms with E-state index >= 15 is 0 Å². The first-order valence-electron chi connectivity index (χ1n) is 7.49. The summed E-state index contributed by atoms with van der Waals surface area (Å²) < 4.78 is 0. The van der Waals surface area contributed by atoms with Gasteiger partial charge in [-0.05, 0) is 44.0 Å². The fraction of sp³-hybridized carbons (Fsp3) is 0.222. The maximum absolute atomic E-state index is 12.2. The first kappa shape index (κ1) is 18.3. The van der Waals surface area contributed by atoms with Gasteiger partial charge in [0.25, 0.3) is 5.91 Å². The Hall–Kier alpha value is -2.04. The summed E-state index contributed by atoms with van der Waals surface area (Å²) in [5.41, 5.74) is 6.33. The molecule has 0 saturated heterocycles. The van der Waals surface area contributed by atoms with Crippen LogP contribution in [0.4, 0.5) is 5.69 Å². The Morgan fingerprint density at radius 2 is 1.83 bits per heavy atom. The summed E-state index contributed by atoms with van der Waals surface area (Å²) in [6, 6.07) is 10.6. The Balaban J connectivity index is 1.98. The molecule has 126 valence electrons. The number of aryl methyl sites for hydroxylation is 2. The number of rotatable bonds is 5. The molecule has 0 aromatic heterocycles. The minimum atomic E-state index is -0.428. The number of halogens is 2. The quantitative estimate of drug-likeness (QED) is 0.604. The zero-order chi connectivity index (χ0) is 17.7. The van der Waals surface area contributed by atoms with E-state index in [4.69, 9.17) is 23.2 Å². The van der Waals surface area contributed by atoms with Gasteiger partial charge in [0.15, 0.2) is 0 Å². The summed E-state index contributed by atoms with van der Waals surface area (Å²) in [4.78, 5) is 12.2. The van der Waals surface area contributed by atoms with Crippen LogP contribution < -0.4 is 10.7 Å².